The van der Waals surface area contributed by atoms with Crippen LogP contribution >= 0.6 is 11.6 Å². The van der Waals surface area contributed by atoms with Crippen molar-refractivity contribution in [2.24, 2.45) is 0 Å². The highest BCUT2D eigenvalue weighted by Crippen LogP contribution is 2.51. The van der Waals surface area contributed by atoms with E-state index in [4.69, 9.17) is 11.6 Å². The van der Waals surface area contributed by atoms with E-state index in [9.17, 15) is 9.59 Å². The average molecular weight is 491 g/mol. The first-order chi connectivity index (χ1) is 16.8. The van der Waals surface area contributed by atoms with E-state index in [1.807, 2.05) is 42.5 Å². The predicted molar refractivity (Wildman–Crippen MR) is 142 cm³/mol. The van der Waals surface area contributed by atoms with Crippen LogP contribution in [0.3, 0.4) is 0 Å². The summed E-state index contributed by atoms with van der Waals surface area (Å²) in [6.07, 6.45) is 3.54. The minimum absolute atomic E-state index is 0.265. The summed E-state index contributed by atoms with van der Waals surface area (Å²) in [6.45, 7) is 1.06. The van der Waals surface area contributed by atoms with Gasteiger partial charge in [-0.2, -0.15) is 0 Å². The number of hydrogen-bond acceptors (Lipinski definition) is 3. The number of benzene rings is 3. The molecule has 1 unspecified atom stereocenters. The van der Waals surface area contributed by atoms with Gasteiger partial charge in [0.25, 0.3) is 5.91 Å². The third kappa shape index (κ3) is 6.62. The normalized spacial score (nSPS) is 14.7. The highest BCUT2D eigenvalue weighted by molar-refractivity contribution is 6.30. The summed E-state index contributed by atoms with van der Waals surface area (Å²) in [4.78, 5) is 28.1. The Labute approximate surface area is 211 Å². The molecule has 3 aromatic carbocycles. The summed E-state index contributed by atoms with van der Waals surface area (Å²) in [5, 5.41) is 9.07. The molecule has 182 valence electrons. The zero-order chi connectivity index (χ0) is 24.8. The lowest BCUT2D eigenvalue weighted by atomic mass is 9.92. The molecule has 1 saturated carbocycles. The minimum atomic E-state index is -0.863. The van der Waals surface area contributed by atoms with E-state index in [0.717, 1.165) is 13.0 Å². The van der Waals surface area contributed by atoms with Crippen molar-refractivity contribution in [1.82, 2.24) is 10.2 Å². The third-order valence-electron chi connectivity index (χ3n) is 6.43. The predicted octanol–water partition coefficient (Wildman–Crippen LogP) is 5.82. The molecule has 35 heavy (non-hydrogen) atoms. The fourth-order valence-electron chi connectivity index (χ4n) is 4.17. The molecule has 0 heterocycles. The van der Waals surface area contributed by atoms with Gasteiger partial charge in [0.05, 0.1) is 0 Å². The van der Waals surface area contributed by atoms with Gasteiger partial charge >= 0.3 is 6.03 Å². The summed E-state index contributed by atoms with van der Waals surface area (Å²) < 4.78 is 0. The first kappa shape index (κ1) is 24.8. The average Bonchev–Trinajstić information content (AvgIpc) is 3.65. The van der Waals surface area contributed by atoms with Crippen molar-refractivity contribution in [3.8, 4) is 0 Å². The molecule has 3 aromatic rings. The van der Waals surface area contributed by atoms with Crippen molar-refractivity contribution in [1.29, 1.82) is 0 Å². The number of urea groups is 1. The fourth-order valence-corrected chi connectivity index (χ4v) is 4.30. The Hall–Kier alpha value is -3.35. The van der Waals surface area contributed by atoms with Gasteiger partial charge in [-0.25, -0.2) is 4.79 Å². The quantitative estimate of drug-likeness (QED) is 0.353. The van der Waals surface area contributed by atoms with Crippen molar-refractivity contribution in [2.75, 3.05) is 31.3 Å². The van der Waals surface area contributed by atoms with E-state index in [2.05, 4.69) is 47.1 Å². The maximum atomic E-state index is 13.2. The third-order valence-corrected chi connectivity index (χ3v) is 6.68. The van der Waals surface area contributed by atoms with Crippen LogP contribution in [0.25, 0.3) is 0 Å². The lowest BCUT2D eigenvalue weighted by Gasteiger charge is -2.21. The number of rotatable bonds is 9. The van der Waals surface area contributed by atoms with E-state index in [1.54, 1.807) is 24.3 Å². The molecule has 0 saturated heterocycles. The topological polar surface area (TPSA) is 73.5 Å². The number of halogens is 1. The Balaban J connectivity index is 1.44. The van der Waals surface area contributed by atoms with Crippen LogP contribution in [0.4, 0.5) is 16.2 Å². The number of nitrogens with one attached hydrogen (secondary N) is 3. The van der Waals surface area contributed by atoms with Crippen LogP contribution in [0.15, 0.2) is 78.9 Å². The molecule has 6 nitrogen and oxygen atoms in total. The van der Waals surface area contributed by atoms with E-state index >= 15 is 0 Å². The summed E-state index contributed by atoms with van der Waals surface area (Å²) in [6, 6.07) is 22.7. The number of nitrogens with zero attached hydrogens (tertiary/aromatic N) is 1. The lowest BCUT2D eigenvalue weighted by molar-refractivity contribution is -0.118. The second kappa shape index (κ2) is 10.9. The second-order valence-corrected chi connectivity index (χ2v) is 9.79. The first-order valence-corrected chi connectivity index (χ1v) is 12.2. The molecule has 0 aromatic heterocycles. The molecular formula is C28H31ClN4O2. The van der Waals surface area contributed by atoms with Gasteiger partial charge in [0.15, 0.2) is 0 Å². The van der Waals surface area contributed by atoms with Gasteiger partial charge in [0, 0.05) is 16.4 Å². The molecule has 1 aliphatic rings. The number of carbonyl (C=O) groups is 2. The Morgan fingerprint density at radius 1 is 0.886 bits per heavy atom. The molecule has 1 aliphatic carbocycles. The van der Waals surface area contributed by atoms with Gasteiger partial charge in [-0.3, -0.25) is 4.79 Å². The highest BCUT2D eigenvalue weighted by atomic mass is 35.5. The van der Waals surface area contributed by atoms with Gasteiger partial charge in [-0.15, -0.1) is 0 Å². The maximum absolute atomic E-state index is 13.2. The summed E-state index contributed by atoms with van der Waals surface area (Å²) in [5.74, 6) is -0.316. The Morgan fingerprint density at radius 3 is 2.09 bits per heavy atom. The van der Waals surface area contributed by atoms with Crippen LogP contribution in [0, 0.1) is 0 Å². The molecule has 3 amide bonds. The fraction of sp³-hybridized carbons (Fsp3) is 0.286. The van der Waals surface area contributed by atoms with Crippen molar-refractivity contribution in [2.45, 2.75) is 30.7 Å². The van der Waals surface area contributed by atoms with Crippen molar-refractivity contribution >= 4 is 34.9 Å². The van der Waals surface area contributed by atoms with Gasteiger partial charge < -0.3 is 20.9 Å². The van der Waals surface area contributed by atoms with Gasteiger partial charge in [0.1, 0.15) is 6.04 Å². The van der Waals surface area contributed by atoms with Crippen molar-refractivity contribution in [3.63, 3.8) is 0 Å². The molecule has 1 fully saturated rings. The first-order valence-electron chi connectivity index (χ1n) is 11.8. The molecule has 3 N–H and O–H groups in total. The zero-order valence-electron chi connectivity index (χ0n) is 20.1. The van der Waals surface area contributed by atoms with E-state index in [-0.39, 0.29) is 11.3 Å². The van der Waals surface area contributed by atoms with Crippen LogP contribution in [0.5, 0.6) is 0 Å². The van der Waals surface area contributed by atoms with E-state index in [1.165, 1.54) is 18.4 Å². The highest BCUT2D eigenvalue weighted by Gasteiger charge is 2.43. The van der Waals surface area contributed by atoms with Crippen molar-refractivity contribution in [3.05, 3.63) is 95.0 Å². The number of hydrogen-bond donors (Lipinski definition) is 3. The van der Waals surface area contributed by atoms with Crippen LogP contribution in [0.2, 0.25) is 5.02 Å². The Morgan fingerprint density at radius 2 is 1.49 bits per heavy atom. The molecule has 4 rings (SSSR count). The summed E-state index contributed by atoms with van der Waals surface area (Å²) >= 11 is 5.91. The number of carbonyl (C=O) groups excluding carboxylic acids is 2. The maximum Gasteiger partial charge on any atom is 0.320 e. The molecule has 0 bridgehead atoms. The Kier molecular flexibility index (Phi) is 7.73. The Bertz CT molecular complexity index is 1140. The van der Waals surface area contributed by atoms with Crippen LogP contribution < -0.4 is 16.0 Å². The van der Waals surface area contributed by atoms with Gasteiger partial charge in [-0.05, 0) is 92.8 Å². The second-order valence-electron chi connectivity index (χ2n) is 9.35. The molecule has 0 spiro atoms. The minimum Gasteiger partial charge on any atom is -0.324 e. The SMILES string of the molecule is CN(C)CCC1(c2ccc(NC(=O)C(NC(=O)Nc3ccc(Cl)cc3)c3ccccc3)cc2)CC1. The number of amides is 3. The molecule has 7 heteroatoms. The largest absolute Gasteiger partial charge is 0.324 e. The molecule has 0 radical (unpaired) electrons. The summed E-state index contributed by atoms with van der Waals surface area (Å²) in [7, 11) is 4.20. The number of anilines is 2. The van der Waals surface area contributed by atoms with Crippen LogP contribution in [-0.4, -0.2) is 37.5 Å². The summed E-state index contributed by atoms with van der Waals surface area (Å²) in [5.41, 5.74) is 3.55. The van der Waals surface area contributed by atoms with Crippen LogP contribution in [0.1, 0.15) is 36.4 Å². The van der Waals surface area contributed by atoms with E-state index in [0.29, 0.717) is 22.0 Å². The van der Waals surface area contributed by atoms with Crippen molar-refractivity contribution < 1.29 is 9.59 Å². The molecular weight excluding hydrogens is 460 g/mol. The zero-order valence-corrected chi connectivity index (χ0v) is 20.8. The monoisotopic (exact) mass is 490 g/mol. The molecule has 0 aliphatic heterocycles. The van der Waals surface area contributed by atoms with Gasteiger partial charge in [-0.1, -0.05) is 54.1 Å². The lowest BCUT2D eigenvalue weighted by Crippen LogP contribution is -2.39. The standard InChI is InChI=1S/C28H31ClN4O2/c1-33(2)19-18-28(16-17-28)21-8-12-23(13-9-21)30-26(34)25(20-6-4-3-5-7-20)32-27(35)31-24-14-10-22(29)11-15-24/h3-15,25H,16-19H2,1-2H3,(H,30,34)(H2,31,32,35). The van der Waals surface area contributed by atoms with Gasteiger partial charge in [0.2, 0.25) is 0 Å². The van der Waals surface area contributed by atoms with E-state index < -0.39 is 12.1 Å². The van der Waals surface area contributed by atoms with Crippen LogP contribution in [-0.2, 0) is 10.2 Å². The molecule has 1 atom stereocenters. The smallest absolute Gasteiger partial charge is 0.320 e.